The van der Waals surface area contributed by atoms with E-state index in [0.717, 1.165) is 6.42 Å². The molecular formula is C6H11O. The smallest absolute Gasteiger partial charge is 0.0459 e. The van der Waals surface area contributed by atoms with Crippen molar-refractivity contribution in [2.75, 3.05) is 6.61 Å². The minimum Gasteiger partial charge on any atom is -0.396 e. The Labute approximate surface area is 44.7 Å². The van der Waals surface area contributed by atoms with Crippen LogP contribution < -0.4 is 0 Å². The molecule has 0 spiro atoms. The molecule has 1 radical (unpaired) electrons. The molecule has 41 valence electrons. The van der Waals surface area contributed by atoms with E-state index in [0.29, 0.717) is 5.92 Å². The van der Waals surface area contributed by atoms with Gasteiger partial charge in [0.1, 0.15) is 0 Å². The van der Waals surface area contributed by atoms with Gasteiger partial charge in [-0.25, -0.2) is 0 Å². The zero-order valence-corrected chi connectivity index (χ0v) is 4.59. The van der Waals surface area contributed by atoms with Crippen LogP contribution in [0.25, 0.3) is 0 Å². The molecule has 1 heteroatoms. The van der Waals surface area contributed by atoms with E-state index < -0.39 is 0 Å². The molecule has 0 rings (SSSR count). The molecule has 1 unspecified atom stereocenters. The number of aliphatic hydroxyl groups is 1. The van der Waals surface area contributed by atoms with E-state index in [1.54, 1.807) is 6.08 Å². The van der Waals surface area contributed by atoms with Gasteiger partial charge in [0.05, 0.1) is 0 Å². The highest BCUT2D eigenvalue weighted by atomic mass is 16.3. The molecule has 0 amide bonds. The van der Waals surface area contributed by atoms with Crippen LogP contribution in [0.2, 0.25) is 0 Å². The van der Waals surface area contributed by atoms with Gasteiger partial charge in [-0.05, 0) is 12.3 Å². The molecule has 0 saturated carbocycles. The largest absolute Gasteiger partial charge is 0.396 e. The van der Waals surface area contributed by atoms with Crippen molar-refractivity contribution in [1.82, 2.24) is 0 Å². The summed E-state index contributed by atoms with van der Waals surface area (Å²) in [6, 6.07) is 0. The van der Waals surface area contributed by atoms with Gasteiger partial charge in [-0.3, -0.25) is 0 Å². The van der Waals surface area contributed by atoms with Crippen LogP contribution in [0.3, 0.4) is 0 Å². The fraction of sp³-hybridized carbons (Fsp3) is 0.667. The number of aliphatic hydroxyl groups excluding tert-OH is 1. The van der Waals surface area contributed by atoms with Crippen LogP contribution in [-0.4, -0.2) is 11.7 Å². The van der Waals surface area contributed by atoms with Gasteiger partial charge in [0.15, 0.2) is 0 Å². The Balaban J connectivity index is 2.98. The number of hydrogen-bond acceptors (Lipinski definition) is 1. The van der Waals surface area contributed by atoms with E-state index >= 15 is 0 Å². The molecule has 0 aromatic rings. The molecule has 0 heterocycles. The lowest BCUT2D eigenvalue weighted by molar-refractivity contribution is 0.239. The maximum Gasteiger partial charge on any atom is 0.0459 e. The first-order chi connectivity index (χ1) is 3.31. The second kappa shape index (κ2) is 3.88. The van der Waals surface area contributed by atoms with Gasteiger partial charge in [0.2, 0.25) is 0 Å². The maximum atomic E-state index is 8.39. The molecular weight excluding hydrogens is 88.1 g/mol. The van der Waals surface area contributed by atoms with Crippen molar-refractivity contribution in [2.45, 2.75) is 13.3 Å². The Morgan fingerprint density at radius 3 is 2.57 bits per heavy atom. The molecule has 7 heavy (non-hydrogen) atoms. The molecule has 0 aromatic carbocycles. The van der Waals surface area contributed by atoms with Gasteiger partial charge in [0.25, 0.3) is 0 Å². The Morgan fingerprint density at radius 2 is 2.43 bits per heavy atom. The van der Waals surface area contributed by atoms with Crippen molar-refractivity contribution in [3.63, 3.8) is 0 Å². The van der Waals surface area contributed by atoms with Crippen molar-refractivity contribution in [2.24, 2.45) is 5.92 Å². The summed E-state index contributed by atoms with van der Waals surface area (Å²) in [5, 5.41) is 8.39. The minimum atomic E-state index is 0.230. The predicted octanol–water partition coefficient (Wildman–Crippen LogP) is 0.994. The Hall–Kier alpha value is -0.300. The predicted molar refractivity (Wildman–Crippen MR) is 29.7 cm³/mol. The third kappa shape index (κ3) is 3.53. The molecule has 0 aromatic heterocycles. The van der Waals surface area contributed by atoms with Crippen LogP contribution in [0.5, 0.6) is 0 Å². The van der Waals surface area contributed by atoms with Crippen LogP contribution in [0.15, 0.2) is 6.08 Å². The molecule has 1 nitrogen and oxygen atoms in total. The van der Waals surface area contributed by atoms with Crippen molar-refractivity contribution >= 4 is 0 Å². The summed E-state index contributed by atoms with van der Waals surface area (Å²) in [5.41, 5.74) is 0. The summed E-state index contributed by atoms with van der Waals surface area (Å²) in [7, 11) is 0. The molecule has 0 aliphatic rings. The Kier molecular flexibility index (Phi) is 3.71. The average Bonchev–Trinajstić information content (AvgIpc) is 1.68. The third-order valence-electron chi connectivity index (χ3n) is 0.850. The lowest BCUT2D eigenvalue weighted by Gasteiger charge is -1.99. The van der Waals surface area contributed by atoms with Crippen molar-refractivity contribution in [3.05, 3.63) is 12.7 Å². The standard InChI is InChI=1S/C6H11O/c1-3-4-6(2)5-7/h1,3,6-7H,4-5H2,2H3. The third-order valence-corrected chi connectivity index (χ3v) is 0.850. The molecule has 0 fully saturated rings. The van der Waals surface area contributed by atoms with Gasteiger partial charge in [-0.15, -0.1) is 0 Å². The van der Waals surface area contributed by atoms with E-state index in [1.165, 1.54) is 0 Å². The van der Waals surface area contributed by atoms with E-state index in [2.05, 4.69) is 0 Å². The summed E-state index contributed by atoms with van der Waals surface area (Å²) in [6.45, 7) is 7.25. The second-order valence-electron chi connectivity index (χ2n) is 1.76. The number of hydrogen-bond donors (Lipinski definition) is 1. The minimum absolute atomic E-state index is 0.230. The molecule has 0 aliphatic carbocycles. The van der Waals surface area contributed by atoms with Gasteiger partial charge in [-0.2, -0.15) is 0 Å². The quantitative estimate of drug-likeness (QED) is 0.559. The normalized spacial score (nSPS) is 13.4. The van der Waals surface area contributed by atoms with E-state index in [-0.39, 0.29) is 6.61 Å². The van der Waals surface area contributed by atoms with E-state index in [9.17, 15) is 0 Å². The highest BCUT2D eigenvalue weighted by molar-refractivity contribution is 4.66. The first-order valence-corrected chi connectivity index (χ1v) is 2.45. The van der Waals surface area contributed by atoms with Crippen molar-refractivity contribution < 1.29 is 5.11 Å². The zero-order chi connectivity index (χ0) is 5.70. The fourth-order valence-corrected chi connectivity index (χ4v) is 0.307. The van der Waals surface area contributed by atoms with Gasteiger partial charge in [-0.1, -0.05) is 19.6 Å². The van der Waals surface area contributed by atoms with E-state index in [4.69, 9.17) is 11.7 Å². The van der Waals surface area contributed by atoms with Gasteiger partial charge < -0.3 is 5.11 Å². The summed E-state index contributed by atoms with van der Waals surface area (Å²) < 4.78 is 0. The summed E-state index contributed by atoms with van der Waals surface area (Å²) in [6.07, 6.45) is 2.37. The second-order valence-corrected chi connectivity index (χ2v) is 1.76. The van der Waals surface area contributed by atoms with Gasteiger partial charge >= 0.3 is 0 Å². The first-order valence-electron chi connectivity index (χ1n) is 2.45. The highest BCUT2D eigenvalue weighted by Gasteiger charge is 1.92. The van der Waals surface area contributed by atoms with Crippen LogP contribution in [0, 0.1) is 12.5 Å². The van der Waals surface area contributed by atoms with Crippen LogP contribution in [0.4, 0.5) is 0 Å². The molecule has 0 saturated heterocycles. The average molecular weight is 99.2 g/mol. The molecule has 0 aliphatic heterocycles. The van der Waals surface area contributed by atoms with Gasteiger partial charge in [0, 0.05) is 6.61 Å². The maximum absolute atomic E-state index is 8.39. The summed E-state index contributed by atoms with van der Waals surface area (Å²) in [5.74, 6) is 0.324. The first kappa shape index (κ1) is 6.70. The van der Waals surface area contributed by atoms with Crippen LogP contribution in [-0.2, 0) is 0 Å². The lowest BCUT2D eigenvalue weighted by atomic mass is 10.1. The van der Waals surface area contributed by atoms with Crippen LogP contribution in [0.1, 0.15) is 13.3 Å². The highest BCUT2D eigenvalue weighted by Crippen LogP contribution is 1.97. The van der Waals surface area contributed by atoms with Crippen molar-refractivity contribution in [3.8, 4) is 0 Å². The summed E-state index contributed by atoms with van der Waals surface area (Å²) >= 11 is 0. The Morgan fingerprint density at radius 1 is 1.86 bits per heavy atom. The number of allylic oxidation sites excluding steroid dienone is 1. The zero-order valence-electron chi connectivity index (χ0n) is 4.59. The fourth-order valence-electron chi connectivity index (χ4n) is 0.307. The molecule has 0 bridgehead atoms. The Bertz CT molecular complexity index is 50.1. The monoisotopic (exact) mass is 99.1 g/mol. The number of rotatable bonds is 3. The lowest BCUT2D eigenvalue weighted by Crippen LogP contribution is -1.96. The topological polar surface area (TPSA) is 20.2 Å². The molecule has 1 atom stereocenters. The van der Waals surface area contributed by atoms with E-state index in [1.807, 2.05) is 6.92 Å². The van der Waals surface area contributed by atoms with Crippen molar-refractivity contribution in [1.29, 1.82) is 0 Å². The summed E-state index contributed by atoms with van der Waals surface area (Å²) in [4.78, 5) is 0. The van der Waals surface area contributed by atoms with Crippen LogP contribution >= 0.6 is 0 Å². The SMILES string of the molecule is [CH]=CCC(C)CO. The molecule has 1 N–H and O–H groups in total.